The van der Waals surface area contributed by atoms with Gasteiger partial charge in [-0.1, -0.05) is 85.0 Å². The van der Waals surface area contributed by atoms with Crippen molar-refractivity contribution in [1.82, 2.24) is 0 Å². The molecule has 0 saturated carbocycles. The first-order chi connectivity index (χ1) is 18.8. The van der Waals surface area contributed by atoms with Gasteiger partial charge in [0.2, 0.25) is 0 Å². The highest BCUT2D eigenvalue weighted by Crippen LogP contribution is 2.44. The van der Waals surface area contributed by atoms with E-state index in [0.29, 0.717) is 35.1 Å². The number of benzene rings is 2. The molecule has 196 valence electrons. The molecule has 10 heteroatoms. The molecule has 0 spiro atoms. The van der Waals surface area contributed by atoms with Crippen molar-refractivity contribution in [2.45, 2.75) is 12.8 Å². The number of halogens is 4. The van der Waals surface area contributed by atoms with Crippen molar-refractivity contribution < 1.29 is 35.6 Å². The second-order valence-electron chi connectivity index (χ2n) is 9.23. The van der Waals surface area contributed by atoms with Crippen molar-refractivity contribution in [2.24, 2.45) is 0 Å². The topological polar surface area (TPSA) is 39.0 Å². The quantitative estimate of drug-likeness (QED) is 0.179. The summed E-state index contributed by atoms with van der Waals surface area (Å²) in [5.74, 6) is 0.494. The van der Waals surface area contributed by atoms with E-state index in [-0.39, 0.29) is 23.1 Å². The summed E-state index contributed by atoms with van der Waals surface area (Å²) in [6, 6.07) is 14.5. The molecule has 0 fully saturated rings. The lowest BCUT2D eigenvalue weighted by Crippen LogP contribution is -2.34. The minimum atomic E-state index is -4.46. The predicted octanol–water partition coefficient (Wildman–Crippen LogP) is 7.12. The van der Waals surface area contributed by atoms with Crippen LogP contribution in [0.3, 0.4) is 0 Å². The highest BCUT2D eigenvalue weighted by molar-refractivity contribution is 6.54. The molecule has 4 nitrogen and oxygen atoms in total. The van der Waals surface area contributed by atoms with Crippen LogP contribution in [0.25, 0.3) is 5.76 Å². The zero-order valence-corrected chi connectivity index (χ0v) is 20.5. The van der Waals surface area contributed by atoms with Crippen LogP contribution in [0.5, 0.6) is 0 Å². The first kappa shape index (κ1) is 24.9. The molecular weight excluding hydrogens is 510 g/mol. The van der Waals surface area contributed by atoms with Crippen molar-refractivity contribution >= 4 is 25.8 Å². The monoisotopic (exact) mass is 531 g/mol. The Labute approximate surface area is 222 Å². The Balaban J connectivity index is 1.11. The average molecular weight is 531 g/mol. The van der Waals surface area contributed by atoms with Crippen LogP contribution in [0.1, 0.15) is 26.6 Å². The number of carbonyl (C=O) groups excluding carboxylic acids is 1. The summed E-state index contributed by atoms with van der Waals surface area (Å²) in [6.07, 6.45) is 15.5. The molecule has 0 atom stereocenters. The average Bonchev–Trinajstić information content (AvgIpc) is 3.45. The zero-order chi connectivity index (χ0) is 27.0. The third kappa shape index (κ3) is 5.02. The molecule has 0 bridgehead atoms. The van der Waals surface area contributed by atoms with E-state index >= 15 is 0 Å². The Bertz CT molecular complexity index is 1600. The second-order valence-corrected chi connectivity index (χ2v) is 9.23. The summed E-state index contributed by atoms with van der Waals surface area (Å²) in [5, 5.41) is 0. The number of hydrogen-bond acceptors (Lipinski definition) is 3. The van der Waals surface area contributed by atoms with Crippen LogP contribution in [0.4, 0.5) is 17.3 Å². The van der Waals surface area contributed by atoms with Crippen LogP contribution >= 0.6 is 0 Å². The van der Waals surface area contributed by atoms with Crippen molar-refractivity contribution in [1.29, 1.82) is 0 Å². The van der Waals surface area contributed by atoms with E-state index in [0.717, 1.165) is 11.1 Å². The van der Waals surface area contributed by atoms with Gasteiger partial charge in [-0.25, -0.2) is 0 Å². The van der Waals surface area contributed by atoms with Crippen LogP contribution in [-0.2, 0) is 26.8 Å². The Morgan fingerprint density at radius 1 is 0.667 bits per heavy atom. The molecule has 2 aliphatic carbocycles. The second kappa shape index (κ2) is 9.69. The maximum Gasteiger partial charge on any atom is 0.995 e. The summed E-state index contributed by atoms with van der Waals surface area (Å²) < 4.78 is 75.7. The number of hydrogen-bond donors (Lipinski definition) is 0. The number of rotatable bonds is 5. The minimum Gasteiger partial charge on any atom is -0.627 e. The highest BCUT2D eigenvalue weighted by Gasteiger charge is 2.55. The van der Waals surface area contributed by atoms with Gasteiger partial charge < -0.3 is 35.6 Å². The molecule has 0 N–H and O–H groups in total. The Hall–Kier alpha value is -4.46. The molecule has 0 saturated heterocycles. The standard InChI is InChI=1S/C29H21B2F4O4/c32-30(33)36-26(24-18-20-12-8-10-14-22(20)28(24)38-30)16-6-4-2-1-3-5-7-17-27-25-19-21-13-9-11-15-23(21)29(25)39-31(34,35)37-27/h1-17H,18-19H2/q-1/b2-1+,5-3+,6-4+,17-7+,26-16+. The normalized spacial score (nSPS) is 21.7. The van der Waals surface area contributed by atoms with Crippen molar-refractivity contribution in [3.63, 3.8) is 0 Å². The molecular formula is C29H21B2F4O4-. The minimum absolute atomic E-state index is 0.0789. The van der Waals surface area contributed by atoms with Gasteiger partial charge in [0.25, 0.3) is 5.78 Å². The number of allylic oxidation sites excluding steroid dienone is 11. The first-order valence-corrected chi connectivity index (χ1v) is 12.4. The maximum absolute atomic E-state index is 14.1. The van der Waals surface area contributed by atoms with Gasteiger partial charge in [-0.05, 0) is 29.3 Å². The molecule has 0 aromatic heterocycles. The third-order valence-corrected chi connectivity index (χ3v) is 6.60. The summed E-state index contributed by atoms with van der Waals surface area (Å²) in [7, 11) is -8.91. The van der Waals surface area contributed by atoms with Gasteiger partial charge in [0.15, 0.2) is 0 Å². The molecule has 4 aliphatic rings. The summed E-state index contributed by atoms with van der Waals surface area (Å²) >= 11 is 0. The molecule has 2 aromatic rings. The Morgan fingerprint density at radius 2 is 1.28 bits per heavy atom. The van der Waals surface area contributed by atoms with Crippen LogP contribution in [0.15, 0.2) is 126 Å². The fraction of sp³-hybridized carbons (Fsp3) is 0.0690. The zero-order valence-electron chi connectivity index (χ0n) is 20.5. The van der Waals surface area contributed by atoms with E-state index < -0.39 is 14.2 Å². The third-order valence-electron chi connectivity index (χ3n) is 6.60. The van der Waals surface area contributed by atoms with E-state index in [9.17, 15) is 17.3 Å². The Morgan fingerprint density at radius 3 is 2.05 bits per heavy atom. The van der Waals surface area contributed by atoms with E-state index in [4.69, 9.17) is 18.3 Å². The predicted molar refractivity (Wildman–Crippen MR) is 142 cm³/mol. The maximum atomic E-state index is 14.1. The lowest BCUT2D eigenvalue weighted by molar-refractivity contribution is -0.189. The van der Waals surface area contributed by atoms with Gasteiger partial charge in [0, 0.05) is 24.0 Å². The molecule has 2 aromatic carbocycles. The summed E-state index contributed by atoms with van der Waals surface area (Å²) in [6.45, 7) is 0. The first-order valence-electron chi connectivity index (χ1n) is 12.4. The molecule has 0 unspecified atom stereocenters. The fourth-order valence-corrected chi connectivity index (χ4v) is 4.97. The molecule has 0 amide bonds. The van der Waals surface area contributed by atoms with Gasteiger partial charge in [0.05, 0.1) is 28.4 Å². The largest absolute Gasteiger partial charge is 0.995 e. The summed E-state index contributed by atoms with van der Waals surface area (Å²) in [4.78, 5) is 0. The SMILES string of the molecule is F[B-]1(F)OC2=C(Cc3ccccc32)\C(=C/C=C/C=C/C=C/C=C/C2=C3Cc4ccccc4C3=[O+][B-](F)(F)O2)O1. The fourth-order valence-electron chi connectivity index (χ4n) is 4.97. The molecule has 2 aliphatic heterocycles. The molecule has 2 heterocycles. The lowest BCUT2D eigenvalue weighted by atomic mass is 10.0. The van der Waals surface area contributed by atoms with Crippen molar-refractivity contribution in [2.75, 3.05) is 0 Å². The van der Waals surface area contributed by atoms with Gasteiger partial charge in [0.1, 0.15) is 0 Å². The number of fused-ring (bicyclic) bond motifs is 5. The van der Waals surface area contributed by atoms with Gasteiger partial charge in [-0.15, -0.1) is 0 Å². The van der Waals surface area contributed by atoms with Crippen LogP contribution in [-0.4, -0.2) is 20.0 Å². The van der Waals surface area contributed by atoms with Gasteiger partial charge in [-0.2, -0.15) is 0 Å². The van der Waals surface area contributed by atoms with Gasteiger partial charge in [-0.3, -0.25) is 0 Å². The van der Waals surface area contributed by atoms with E-state index in [1.54, 1.807) is 66.8 Å². The summed E-state index contributed by atoms with van der Waals surface area (Å²) in [5.41, 5.74) is 4.31. The lowest BCUT2D eigenvalue weighted by Gasteiger charge is -2.36. The van der Waals surface area contributed by atoms with E-state index in [2.05, 4.69) is 0 Å². The van der Waals surface area contributed by atoms with Crippen molar-refractivity contribution in [3.05, 3.63) is 148 Å². The van der Waals surface area contributed by atoms with Crippen LogP contribution < -0.4 is 0 Å². The smallest absolute Gasteiger partial charge is 0.627 e. The highest BCUT2D eigenvalue weighted by atomic mass is 19.3. The van der Waals surface area contributed by atoms with E-state index in [1.807, 2.05) is 24.3 Å². The van der Waals surface area contributed by atoms with Crippen LogP contribution in [0.2, 0.25) is 0 Å². The molecule has 39 heavy (non-hydrogen) atoms. The number of ketones is 1. The molecule has 6 rings (SSSR count). The van der Waals surface area contributed by atoms with E-state index in [1.165, 1.54) is 12.2 Å². The van der Waals surface area contributed by atoms with Crippen molar-refractivity contribution in [3.8, 4) is 0 Å². The Kier molecular flexibility index (Phi) is 6.17. The molecule has 0 radical (unpaired) electrons. The van der Waals surface area contributed by atoms with Crippen LogP contribution in [0, 0.1) is 0 Å². The van der Waals surface area contributed by atoms with Gasteiger partial charge >= 0.3 is 14.2 Å².